The highest BCUT2D eigenvalue weighted by Crippen LogP contribution is 2.33. The summed E-state index contributed by atoms with van der Waals surface area (Å²) in [6.45, 7) is 5.66. The van der Waals surface area contributed by atoms with Crippen LogP contribution in [0.3, 0.4) is 0 Å². The quantitative estimate of drug-likeness (QED) is 0.824. The molecule has 0 aromatic carbocycles. The van der Waals surface area contributed by atoms with E-state index in [4.69, 9.17) is 0 Å². The maximum atomic E-state index is 4.30. The van der Waals surface area contributed by atoms with Crippen LogP contribution in [0.5, 0.6) is 0 Å². The van der Waals surface area contributed by atoms with Gasteiger partial charge in [0.25, 0.3) is 0 Å². The topological polar surface area (TPSA) is 28.2 Å². The Morgan fingerprint density at radius 3 is 2.89 bits per heavy atom. The zero-order valence-electron chi connectivity index (χ0n) is 11.3. The summed E-state index contributed by atoms with van der Waals surface area (Å²) < 4.78 is 0. The standard InChI is InChI=1S/C15H23N3/c1-13-5-9-16-11-14(13)18-10-4-8-17-15(12-18)6-2-3-7-15/h5,9,11,17H,2-4,6-8,10,12H2,1H3. The first kappa shape index (κ1) is 12.0. The lowest BCUT2D eigenvalue weighted by Gasteiger charge is -2.34. The average molecular weight is 245 g/mol. The summed E-state index contributed by atoms with van der Waals surface area (Å²) in [5, 5.41) is 3.81. The van der Waals surface area contributed by atoms with E-state index in [-0.39, 0.29) is 0 Å². The molecular formula is C15H23N3. The Kier molecular flexibility index (Phi) is 3.25. The Hall–Kier alpha value is -1.09. The third kappa shape index (κ3) is 2.24. The van der Waals surface area contributed by atoms with Gasteiger partial charge >= 0.3 is 0 Å². The van der Waals surface area contributed by atoms with Crippen molar-refractivity contribution in [3.05, 3.63) is 24.0 Å². The predicted octanol–water partition coefficient (Wildman–Crippen LogP) is 2.50. The smallest absolute Gasteiger partial charge is 0.0583 e. The molecule has 0 unspecified atom stereocenters. The fourth-order valence-electron chi connectivity index (χ4n) is 3.50. The molecule has 2 heterocycles. The summed E-state index contributed by atoms with van der Waals surface area (Å²) in [7, 11) is 0. The normalized spacial score (nSPS) is 23.3. The fraction of sp³-hybridized carbons (Fsp3) is 0.667. The minimum absolute atomic E-state index is 0.374. The van der Waals surface area contributed by atoms with Gasteiger partial charge in [-0.3, -0.25) is 4.98 Å². The Labute approximate surface area is 110 Å². The first-order chi connectivity index (χ1) is 8.79. The largest absolute Gasteiger partial charge is 0.368 e. The van der Waals surface area contributed by atoms with E-state index in [2.05, 4.69) is 28.2 Å². The second-order valence-corrected chi connectivity index (χ2v) is 5.85. The Bertz CT molecular complexity index is 410. The van der Waals surface area contributed by atoms with Crippen molar-refractivity contribution in [3.8, 4) is 0 Å². The van der Waals surface area contributed by atoms with Gasteiger partial charge in [0.2, 0.25) is 0 Å². The molecule has 1 aromatic rings. The number of nitrogens with zero attached hydrogens (tertiary/aromatic N) is 2. The molecule has 1 saturated carbocycles. The van der Waals surface area contributed by atoms with Gasteiger partial charge in [0.05, 0.1) is 11.9 Å². The highest BCUT2D eigenvalue weighted by molar-refractivity contribution is 5.51. The second kappa shape index (κ2) is 4.88. The van der Waals surface area contributed by atoms with Crippen molar-refractivity contribution in [1.29, 1.82) is 0 Å². The number of rotatable bonds is 1. The van der Waals surface area contributed by atoms with Gasteiger partial charge in [-0.15, -0.1) is 0 Å². The molecule has 18 heavy (non-hydrogen) atoms. The molecule has 3 nitrogen and oxygen atoms in total. The van der Waals surface area contributed by atoms with E-state index in [1.54, 1.807) is 0 Å². The van der Waals surface area contributed by atoms with Crippen LogP contribution in [0.2, 0.25) is 0 Å². The molecule has 1 N–H and O–H groups in total. The van der Waals surface area contributed by atoms with Crippen LogP contribution in [-0.4, -0.2) is 30.2 Å². The number of anilines is 1. The molecule has 2 fully saturated rings. The van der Waals surface area contributed by atoms with Gasteiger partial charge in [0.15, 0.2) is 0 Å². The molecule has 1 saturated heterocycles. The van der Waals surface area contributed by atoms with Gasteiger partial charge < -0.3 is 10.2 Å². The summed E-state index contributed by atoms with van der Waals surface area (Å²) in [5.74, 6) is 0. The van der Waals surface area contributed by atoms with Gasteiger partial charge in [-0.2, -0.15) is 0 Å². The fourth-order valence-corrected chi connectivity index (χ4v) is 3.50. The minimum Gasteiger partial charge on any atom is -0.368 e. The molecule has 2 aliphatic rings. The van der Waals surface area contributed by atoms with Gasteiger partial charge in [-0.1, -0.05) is 12.8 Å². The van der Waals surface area contributed by atoms with E-state index in [0.29, 0.717) is 5.54 Å². The van der Waals surface area contributed by atoms with Crippen molar-refractivity contribution >= 4 is 5.69 Å². The molecular weight excluding hydrogens is 222 g/mol. The third-order valence-electron chi connectivity index (χ3n) is 4.51. The maximum absolute atomic E-state index is 4.30. The molecule has 0 radical (unpaired) electrons. The molecule has 0 bridgehead atoms. The molecule has 3 rings (SSSR count). The van der Waals surface area contributed by atoms with E-state index < -0.39 is 0 Å². The molecule has 1 aliphatic carbocycles. The second-order valence-electron chi connectivity index (χ2n) is 5.85. The lowest BCUT2D eigenvalue weighted by atomic mass is 9.97. The van der Waals surface area contributed by atoms with Crippen molar-refractivity contribution in [2.45, 2.75) is 44.6 Å². The molecule has 98 valence electrons. The Morgan fingerprint density at radius 2 is 2.11 bits per heavy atom. The summed E-state index contributed by atoms with van der Waals surface area (Å²) in [5.41, 5.74) is 3.05. The monoisotopic (exact) mass is 245 g/mol. The SMILES string of the molecule is Cc1ccncc1N1CCCNC2(CCCC2)C1. The molecule has 3 heteroatoms. The molecule has 1 aromatic heterocycles. The summed E-state index contributed by atoms with van der Waals surface area (Å²) in [6.07, 6.45) is 10.6. The van der Waals surface area contributed by atoms with Crippen molar-refractivity contribution in [2.24, 2.45) is 0 Å². The molecule has 0 amide bonds. The number of pyridine rings is 1. The van der Waals surface area contributed by atoms with Crippen LogP contribution in [0.1, 0.15) is 37.7 Å². The van der Waals surface area contributed by atoms with Crippen molar-refractivity contribution in [1.82, 2.24) is 10.3 Å². The van der Waals surface area contributed by atoms with Gasteiger partial charge in [0, 0.05) is 24.8 Å². The zero-order valence-corrected chi connectivity index (χ0v) is 11.3. The minimum atomic E-state index is 0.374. The van der Waals surface area contributed by atoms with Crippen LogP contribution in [0.15, 0.2) is 18.5 Å². The maximum Gasteiger partial charge on any atom is 0.0583 e. The number of aryl methyl sites for hydroxylation is 1. The molecule has 1 aliphatic heterocycles. The van der Waals surface area contributed by atoms with Crippen LogP contribution in [0, 0.1) is 6.92 Å². The van der Waals surface area contributed by atoms with Crippen LogP contribution >= 0.6 is 0 Å². The lowest BCUT2D eigenvalue weighted by Crippen LogP contribution is -2.49. The van der Waals surface area contributed by atoms with Gasteiger partial charge in [0.1, 0.15) is 0 Å². The Morgan fingerprint density at radius 1 is 1.28 bits per heavy atom. The summed E-state index contributed by atoms with van der Waals surface area (Å²) >= 11 is 0. The van der Waals surface area contributed by atoms with Gasteiger partial charge in [-0.25, -0.2) is 0 Å². The van der Waals surface area contributed by atoms with Crippen molar-refractivity contribution in [3.63, 3.8) is 0 Å². The first-order valence-corrected chi connectivity index (χ1v) is 7.20. The molecule has 0 atom stereocenters. The van der Waals surface area contributed by atoms with Crippen molar-refractivity contribution in [2.75, 3.05) is 24.5 Å². The van der Waals surface area contributed by atoms with Crippen LogP contribution in [0.25, 0.3) is 0 Å². The highest BCUT2D eigenvalue weighted by Gasteiger charge is 2.36. The van der Waals surface area contributed by atoms with E-state index in [0.717, 1.165) is 19.6 Å². The zero-order chi connectivity index (χ0) is 12.4. The van der Waals surface area contributed by atoms with E-state index in [9.17, 15) is 0 Å². The highest BCUT2D eigenvalue weighted by atomic mass is 15.2. The van der Waals surface area contributed by atoms with Gasteiger partial charge in [-0.05, 0) is 44.4 Å². The summed E-state index contributed by atoms with van der Waals surface area (Å²) in [6, 6.07) is 2.12. The van der Waals surface area contributed by atoms with Crippen LogP contribution in [-0.2, 0) is 0 Å². The molecule has 1 spiro atoms. The predicted molar refractivity (Wildman–Crippen MR) is 75.0 cm³/mol. The summed E-state index contributed by atoms with van der Waals surface area (Å²) in [4.78, 5) is 6.85. The average Bonchev–Trinajstić information content (AvgIpc) is 2.72. The van der Waals surface area contributed by atoms with Crippen LogP contribution < -0.4 is 10.2 Å². The van der Waals surface area contributed by atoms with E-state index >= 15 is 0 Å². The Balaban J connectivity index is 1.85. The van der Waals surface area contributed by atoms with E-state index in [1.807, 2.05) is 12.4 Å². The van der Waals surface area contributed by atoms with Crippen molar-refractivity contribution < 1.29 is 0 Å². The third-order valence-corrected chi connectivity index (χ3v) is 4.51. The number of hydrogen-bond acceptors (Lipinski definition) is 3. The van der Waals surface area contributed by atoms with Crippen LogP contribution in [0.4, 0.5) is 5.69 Å². The van der Waals surface area contributed by atoms with E-state index in [1.165, 1.54) is 43.4 Å². The lowest BCUT2D eigenvalue weighted by molar-refractivity contribution is 0.354. The number of hydrogen-bond donors (Lipinski definition) is 1. The number of nitrogens with one attached hydrogen (secondary N) is 1. The number of aromatic nitrogens is 1. The first-order valence-electron chi connectivity index (χ1n) is 7.20.